The third-order valence-corrected chi connectivity index (χ3v) is 3.74. The van der Waals surface area contributed by atoms with E-state index in [0.717, 1.165) is 19.3 Å². The first-order valence-electron chi connectivity index (χ1n) is 8.05. The van der Waals surface area contributed by atoms with Crippen molar-refractivity contribution >= 4 is 11.6 Å². The molecule has 142 valence electrons. The van der Waals surface area contributed by atoms with E-state index < -0.39 is 18.0 Å². The topological polar surface area (TPSA) is 29.5 Å². The fourth-order valence-corrected chi connectivity index (χ4v) is 2.27. The second kappa shape index (κ2) is 9.01. The lowest BCUT2D eigenvalue weighted by Crippen LogP contribution is -2.52. The number of methoxy groups -OCH3 is 1. The quantitative estimate of drug-likeness (QED) is 0.444. The van der Waals surface area contributed by atoms with E-state index in [1.165, 1.54) is 31.4 Å². The molecule has 0 saturated heterocycles. The lowest BCUT2D eigenvalue weighted by Gasteiger charge is -2.28. The molecule has 0 heterocycles. The van der Waals surface area contributed by atoms with Gasteiger partial charge in [-0.3, -0.25) is 4.79 Å². The first-order chi connectivity index (χ1) is 11.6. The highest BCUT2D eigenvalue weighted by molar-refractivity contribution is 5.99. The van der Waals surface area contributed by atoms with Crippen molar-refractivity contribution in [2.75, 3.05) is 18.6 Å². The molecule has 1 rings (SSSR count). The number of hydrogen-bond donors (Lipinski definition) is 0. The largest absolute Gasteiger partial charge is 0.497 e. The molecule has 0 spiro atoms. The number of rotatable bonds is 9. The maximum atomic E-state index is 13.5. The van der Waals surface area contributed by atoms with Crippen molar-refractivity contribution in [3.63, 3.8) is 0 Å². The Bertz CT molecular complexity index is 543. The van der Waals surface area contributed by atoms with Gasteiger partial charge in [-0.1, -0.05) is 32.6 Å². The van der Waals surface area contributed by atoms with Gasteiger partial charge in [0.25, 0.3) is 0 Å². The number of benzene rings is 1. The lowest BCUT2D eigenvalue weighted by atomic mass is 10.1. The molecular formula is C17H22F5NO2. The van der Waals surface area contributed by atoms with Crippen LogP contribution < -0.4 is 9.64 Å². The predicted molar refractivity (Wildman–Crippen MR) is 85.1 cm³/mol. The van der Waals surface area contributed by atoms with Gasteiger partial charge in [-0.2, -0.15) is 22.0 Å². The highest BCUT2D eigenvalue weighted by atomic mass is 19.4. The Morgan fingerprint density at radius 3 is 2.04 bits per heavy atom. The number of unbranched alkanes of at least 4 members (excludes halogenated alkanes) is 4. The first-order valence-corrected chi connectivity index (χ1v) is 8.05. The van der Waals surface area contributed by atoms with E-state index >= 15 is 0 Å². The third kappa shape index (κ3) is 5.57. The summed E-state index contributed by atoms with van der Waals surface area (Å²) in [6.07, 6.45) is -2.21. The number of anilines is 1. The van der Waals surface area contributed by atoms with Crippen LogP contribution >= 0.6 is 0 Å². The maximum Gasteiger partial charge on any atom is 0.463 e. The van der Waals surface area contributed by atoms with Crippen LogP contribution in [0.2, 0.25) is 0 Å². The van der Waals surface area contributed by atoms with E-state index in [9.17, 15) is 26.7 Å². The molecule has 25 heavy (non-hydrogen) atoms. The van der Waals surface area contributed by atoms with E-state index in [1.807, 2.05) is 6.92 Å². The van der Waals surface area contributed by atoms with Crippen LogP contribution in [-0.2, 0) is 4.79 Å². The molecule has 0 fully saturated rings. The molecule has 8 heteroatoms. The maximum absolute atomic E-state index is 13.5. The molecule has 0 radical (unpaired) electrons. The van der Waals surface area contributed by atoms with Gasteiger partial charge >= 0.3 is 18.0 Å². The fourth-order valence-electron chi connectivity index (χ4n) is 2.27. The average Bonchev–Trinajstić information content (AvgIpc) is 2.57. The molecule has 0 atom stereocenters. The van der Waals surface area contributed by atoms with Gasteiger partial charge in [-0.15, -0.1) is 0 Å². The van der Waals surface area contributed by atoms with Gasteiger partial charge in [0.05, 0.1) is 7.11 Å². The van der Waals surface area contributed by atoms with Crippen LogP contribution in [0.5, 0.6) is 5.75 Å². The Hall–Kier alpha value is -1.86. The van der Waals surface area contributed by atoms with Crippen molar-refractivity contribution in [1.29, 1.82) is 0 Å². The van der Waals surface area contributed by atoms with E-state index in [-0.39, 0.29) is 12.2 Å². The summed E-state index contributed by atoms with van der Waals surface area (Å²) in [4.78, 5) is 12.4. The number of alkyl halides is 5. The SMILES string of the molecule is CCCCCCCN(C(=O)C(F)(F)C(F)(F)F)c1ccc(OC)cc1. The zero-order chi connectivity index (χ0) is 19.1. The number of amides is 1. The normalized spacial score (nSPS) is 12.1. The Kier molecular flexibility index (Phi) is 7.63. The number of halogens is 5. The van der Waals surface area contributed by atoms with E-state index in [4.69, 9.17) is 4.74 Å². The van der Waals surface area contributed by atoms with Crippen LogP contribution in [0.1, 0.15) is 39.0 Å². The van der Waals surface area contributed by atoms with E-state index in [1.54, 1.807) is 0 Å². The fraction of sp³-hybridized carbons (Fsp3) is 0.588. The molecule has 3 nitrogen and oxygen atoms in total. The smallest absolute Gasteiger partial charge is 0.463 e. The zero-order valence-corrected chi connectivity index (χ0v) is 14.2. The second-order valence-electron chi connectivity index (χ2n) is 5.64. The summed E-state index contributed by atoms with van der Waals surface area (Å²) in [7, 11) is 1.39. The van der Waals surface area contributed by atoms with Crippen LogP contribution in [0.3, 0.4) is 0 Å². The summed E-state index contributed by atoms with van der Waals surface area (Å²) in [6.45, 7) is 1.79. The molecule has 0 aliphatic rings. The number of carbonyl (C=O) groups excluding carboxylic acids is 1. The third-order valence-electron chi connectivity index (χ3n) is 3.74. The van der Waals surface area contributed by atoms with Crippen molar-refractivity contribution in [1.82, 2.24) is 0 Å². The molecule has 0 aromatic heterocycles. The molecule has 1 aromatic rings. The summed E-state index contributed by atoms with van der Waals surface area (Å²) in [5.41, 5.74) is -0.0229. The minimum absolute atomic E-state index is 0.0229. The molecule has 0 aliphatic heterocycles. The summed E-state index contributed by atoms with van der Waals surface area (Å²) in [6, 6.07) is 5.38. The first kappa shape index (κ1) is 21.2. The standard InChI is InChI=1S/C17H22F5NO2/c1-3-4-5-6-7-12-23(13-8-10-14(25-2)11-9-13)15(24)16(18,19)17(20,21)22/h8-11H,3-7,12H2,1-2H3. The molecule has 0 bridgehead atoms. The van der Waals surface area contributed by atoms with Crippen LogP contribution in [-0.4, -0.2) is 31.7 Å². The Morgan fingerprint density at radius 2 is 1.56 bits per heavy atom. The van der Waals surface area contributed by atoms with Gasteiger partial charge in [0, 0.05) is 12.2 Å². The minimum atomic E-state index is -5.93. The van der Waals surface area contributed by atoms with Crippen molar-refractivity contribution in [2.45, 2.75) is 51.1 Å². The van der Waals surface area contributed by atoms with Crippen molar-refractivity contribution in [3.05, 3.63) is 24.3 Å². The second-order valence-corrected chi connectivity index (χ2v) is 5.64. The summed E-state index contributed by atoms with van der Waals surface area (Å²) in [5.74, 6) is -7.29. The van der Waals surface area contributed by atoms with E-state index in [0.29, 0.717) is 23.5 Å². The molecule has 0 aliphatic carbocycles. The van der Waals surface area contributed by atoms with Gasteiger partial charge in [0.15, 0.2) is 0 Å². The molecule has 1 amide bonds. The number of carbonyl (C=O) groups is 1. The molecule has 0 saturated carbocycles. The highest BCUT2D eigenvalue weighted by Gasteiger charge is 2.64. The van der Waals surface area contributed by atoms with E-state index in [2.05, 4.69) is 0 Å². The monoisotopic (exact) mass is 367 g/mol. The summed E-state index contributed by atoms with van der Waals surface area (Å²) in [5, 5.41) is 0. The van der Waals surface area contributed by atoms with Crippen LogP contribution in [0.25, 0.3) is 0 Å². The average molecular weight is 367 g/mol. The Labute approximate surface area is 143 Å². The predicted octanol–water partition coefficient (Wildman–Crippen LogP) is 5.20. The highest BCUT2D eigenvalue weighted by Crippen LogP contribution is 2.38. The van der Waals surface area contributed by atoms with Gasteiger partial charge in [0.1, 0.15) is 5.75 Å². The molecular weight excluding hydrogens is 345 g/mol. The Morgan fingerprint density at radius 1 is 1.00 bits per heavy atom. The zero-order valence-electron chi connectivity index (χ0n) is 14.2. The number of nitrogens with zero attached hydrogens (tertiary/aromatic N) is 1. The van der Waals surface area contributed by atoms with Gasteiger partial charge in [-0.25, -0.2) is 0 Å². The summed E-state index contributed by atoms with van der Waals surface area (Å²) >= 11 is 0. The van der Waals surface area contributed by atoms with Gasteiger partial charge in [-0.05, 0) is 30.7 Å². The van der Waals surface area contributed by atoms with Gasteiger partial charge < -0.3 is 9.64 Å². The van der Waals surface area contributed by atoms with Crippen molar-refractivity contribution < 1.29 is 31.5 Å². The van der Waals surface area contributed by atoms with Crippen LogP contribution in [0.4, 0.5) is 27.6 Å². The van der Waals surface area contributed by atoms with Crippen LogP contribution in [0.15, 0.2) is 24.3 Å². The van der Waals surface area contributed by atoms with Crippen molar-refractivity contribution in [3.8, 4) is 5.75 Å². The van der Waals surface area contributed by atoms with Crippen LogP contribution in [0, 0.1) is 0 Å². The van der Waals surface area contributed by atoms with Crippen molar-refractivity contribution in [2.24, 2.45) is 0 Å². The van der Waals surface area contributed by atoms with Gasteiger partial charge in [0.2, 0.25) is 0 Å². The Balaban J connectivity index is 2.99. The number of ether oxygens (including phenoxy) is 1. The summed E-state index contributed by atoms with van der Waals surface area (Å²) < 4.78 is 69.6. The molecule has 1 aromatic carbocycles. The molecule has 0 N–H and O–H groups in total. The molecule has 0 unspecified atom stereocenters. The minimum Gasteiger partial charge on any atom is -0.497 e. The number of hydrogen-bond acceptors (Lipinski definition) is 2. The lowest BCUT2D eigenvalue weighted by molar-refractivity contribution is -0.268.